The number of rotatable bonds is 6. The second-order valence-electron chi connectivity index (χ2n) is 7.27. The first kappa shape index (κ1) is 18.8. The van der Waals surface area contributed by atoms with E-state index in [0.717, 1.165) is 16.5 Å². The minimum absolute atomic E-state index is 0.192. The highest BCUT2D eigenvalue weighted by Crippen LogP contribution is 2.23. The summed E-state index contributed by atoms with van der Waals surface area (Å²) >= 11 is 0. The van der Waals surface area contributed by atoms with Gasteiger partial charge in [-0.15, -0.1) is 5.10 Å². The molecule has 0 aliphatic carbocycles. The maximum atomic E-state index is 13.4. The molecule has 0 aliphatic heterocycles. The molecule has 0 aliphatic rings. The summed E-state index contributed by atoms with van der Waals surface area (Å²) in [5.74, 6) is 1.18. The fraction of sp³-hybridized carbons (Fsp3) is 0.130. The molecular weight excluding hydrogens is 394 g/mol. The third-order valence-electron chi connectivity index (χ3n) is 4.94. The number of furan rings is 2. The minimum Gasteiger partial charge on any atom is -0.467 e. The van der Waals surface area contributed by atoms with Crippen LogP contribution in [0.2, 0.25) is 0 Å². The van der Waals surface area contributed by atoms with Gasteiger partial charge in [-0.25, -0.2) is 4.68 Å². The van der Waals surface area contributed by atoms with Gasteiger partial charge in [-0.05, 0) is 43.3 Å². The first-order valence-corrected chi connectivity index (χ1v) is 9.78. The van der Waals surface area contributed by atoms with Crippen LogP contribution in [0.1, 0.15) is 27.4 Å². The van der Waals surface area contributed by atoms with Crippen molar-refractivity contribution in [2.75, 3.05) is 0 Å². The first-order chi connectivity index (χ1) is 15.2. The van der Waals surface area contributed by atoms with Crippen molar-refractivity contribution in [1.82, 2.24) is 24.9 Å². The Labute approximate surface area is 177 Å². The predicted molar refractivity (Wildman–Crippen MR) is 112 cm³/mol. The molecule has 8 nitrogen and oxygen atoms in total. The average molecular weight is 413 g/mol. The normalized spacial score (nSPS) is 11.1. The summed E-state index contributed by atoms with van der Waals surface area (Å²) in [7, 11) is 0. The first-order valence-electron chi connectivity index (χ1n) is 9.78. The van der Waals surface area contributed by atoms with E-state index in [1.807, 2.05) is 31.2 Å². The second kappa shape index (κ2) is 7.91. The van der Waals surface area contributed by atoms with E-state index in [9.17, 15) is 4.79 Å². The van der Waals surface area contributed by atoms with Gasteiger partial charge >= 0.3 is 0 Å². The Morgan fingerprint density at radius 2 is 2.00 bits per heavy atom. The maximum Gasteiger partial charge on any atom is 0.256 e. The molecule has 0 bridgehead atoms. The van der Waals surface area contributed by atoms with Crippen molar-refractivity contribution >= 4 is 16.9 Å². The Morgan fingerprint density at radius 3 is 2.81 bits per heavy atom. The van der Waals surface area contributed by atoms with E-state index < -0.39 is 0 Å². The zero-order chi connectivity index (χ0) is 21.2. The molecule has 8 heteroatoms. The summed E-state index contributed by atoms with van der Waals surface area (Å²) in [6.45, 7) is 2.63. The highest BCUT2D eigenvalue weighted by atomic mass is 16.3. The molecule has 0 radical (unpaired) electrons. The van der Waals surface area contributed by atoms with Crippen LogP contribution in [0.4, 0.5) is 0 Å². The number of fused-ring (bicyclic) bond motifs is 1. The van der Waals surface area contributed by atoms with Gasteiger partial charge in [0.1, 0.15) is 17.1 Å². The van der Waals surface area contributed by atoms with Gasteiger partial charge in [0, 0.05) is 11.6 Å². The molecule has 154 valence electrons. The van der Waals surface area contributed by atoms with E-state index in [2.05, 4.69) is 21.4 Å². The average Bonchev–Trinajstić information content (AvgIpc) is 3.54. The molecule has 5 rings (SSSR count). The number of amides is 1. The molecule has 0 fully saturated rings. The molecule has 4 heterocycles. The monoisotopic (exact) mass is 413 g/mol. The molecule has 0 N–H and O–H groups in total. The lowest BCUT2D eigenvalue weighted by atomic mass is 10.2. The zero-order valence-electron chi connectivity index (χ0n) is 16.8. The van der Waals surface area contributed by atoms with Crippen molar-refractivity contribution in [1.29, 1.82) is 0 Å². The van der Waals surface area contributed by atoms with E-state index >= 15 is 0 Å². The van der Waals surface area contributed by atoms with Crippen LogP contribution in [0.25, 0.3) is 16.7 Å². The lowest BCUT2D eigenvalue weighted by molar-refractivity contribution is 0.0705. The van der Waals surface area contributed by atoms with Crippen LogP contribution in [0.5, 0.6) is 0 Å². The van der Waals surface area contributed by atoms with Crippen molar-refractivity contribution in [2.45, 2.75) is 20.0 Å². The molecule has 1 aromatic carbocycles. The predicted octanol–water partition coefficient (Wildman–Crippen LogP) is 4.15. The van der Waals surface area contributed by atoms with Gasteiger partial charge in [-0.3, -0.25) is 9.78 Å². The summed E-state index contributed by atoms with van der Waals surface area (Å²) in [5.41, 5.74) is 3.03. The van der Waals surface area contributed by atoms with E-state index in [1.54, 1.807) is 52.8 Å². The van der Waals surface area contributed by atoms with Crippen LogP contribution in [0.15, 0.2) is 82.3 Å². The van der Waals surface area contributed by atoms with Crippen LogP contribution < -0.4 is 0 Å². The van der Waals surface area contributed by atoms with Crippen LogP contribution in [-0.4, -0.2) is 30.8 Å². The van der Waals surface area contributed by atoms with Crippen LogP contribution >= 0.6 is 0 Å². The Balaban J connectivity index is 1.46. The lowest BCUT2D eigenvalue weighted by Gasteiger charge is -2.20. The molecule has 4 aromatic heterocycles. The number of hydrogen-bond acceptors (Lipinski definition) is 6. The van der Waals surface area contributed by atoms with E-state index in [1.165, 1.54) is 0 Å². The molecule has 5 aromatic rings. The fourth-order valence-electron chi connectivity index (χ4n) is 3.47. The minimum atomic E-state index is -0.192. The summed E-state index contributed by atoms with van der Waals surface area (Å²) in [5, 5.41) is 8.78. The standard InChI is InChI=1S/C23H19N5O3/c1-16-4-5-22-17(9-16)11-21(31-22)15-27(14-20-3-2-8-30-20)23(29)18-10-19(13-24-12-18)28-7-6-25-26-28/h2-13H,14-15H2,1H3. The number of aryl methyl sites for hydroxylation is 1. The van der Waals surface area contributed by atoms with Crippen LogP contribution in [-0.2, 0) is 13.1 Å². The zero-order valence-corrected chi connectivity index (χ0v) is 16.8. The number of benzene rings is 1. The van der Waals surface area contributed by atoms with Gasteiger partial charge in [0.15, 0.2) is 0 Å². The number of carbonyl (C=O) groups excluding carboxylic acids is 1. The number of pyridine rings is 1. The molecular formula is C23H19N5O3. The molecule has 0 unspecified atom stereocenters. The van der Waals surface area contributed by atoms with Gasteiger partial charge in [0.05, 0.1) is 49.2 Å². The Morgan fingerprint density at radius 1 is 1.10 bits per heavy atom. The number of hydrogen-bond donors (Lipinski definition) is 0. The van der Waals surface area contributed by atoms with Crippen molar-refractivity contribution in [2.24, 2.45) is 0 Å². The van der Waals surface area contributed by atoms with Gasteiger partial charge in [-0.1, -0.05) is 16.8 Å². The second-order valence-corrected chi connectivity index (χ2v) is 7.27. The van der Waals surface area contributed by atoms with Crippen molar-refractivity contribution < 1.29 is 13.6 Å². The van der Waals surface area contributed by atoms with Crippen molar-refractivity contribution in [3.8, 4) is 5.69 Å². The Kier molecular flexibility index (Phi) is 4.80. The van der Waals surface area contributed by atoms with Gasteiger partial charge < -0.3 is 13.7 Å². The number of aromatic nitrogens is 4. The fourth-order valence-corrected chi connectivity index (χ4v) is 3.47. The van der Waals surface area contributed by atoms with Crippen LogP contribution in [0.3, 0.4) is 0 Å². The maximum absolute atomic E-state index is 13.4. The van der Waals surface area contributed by atoms with Crippen molar-refractivity contribution in [3.63, 3.8) is 0 Å². The highest BCUT2D eigenvalue weighted by molar-refractivity contribution is 5.94. The Bertz CT molecular complexity index is 1320. The van der Waals surface area contributed by atoms with E-state index in [4.69, 9.17) is 8.83 Å². The molecule has 0 spiro atoms. The van der Waals surface area contributed by atoms with Crippen LogP contribution in [0, 0.1) is 6.92 Å². The molecule has 0 atom stereocenters. The number of carbonyl (C=O) groups is 1. The molecule has 31 heavy (non-hydrogen) atoms. The summed E-state index contributed by atoms with van der Waals surface area (Å²) in [6.07, 6.45) is 8.03. The SMILES string of the molecule is Cc1ccc2oc(CN(Cc3ccco3)C(=O)c3cncc(-n4ccnn4)c3)cc2c1. The smallest absolute Gasteiger partial charge is 0.256 e. The van der Waals surface area contributed by atoms with Crippen molar-refractivity contribution in [3.05, 3.63) is 96.2 Å². The Hall–Kier alpha value is -4.20. The highest BCUT2D eigenvalue weighted by Gasteiger charge is 2.21. The third kappa shape index (κ3) is 3.95. The molecule has 0 saturated carbocycles. The third-order valence-corrected chi connectivity index (χ3v) is 4.94. The quantitative estimate of drug-likeness (QED) is 0.415. The number of nitrogens with zero attached hydrogens (tertiary/aromatic N) is 5. The topological polar surface area (TPSA) is 90.2 Å². The van der Waals surface area contributed by atoms with E-state index in [0.29, 0.717) is 35.9 Å². The van der Waals surface area contributed by atoms with Gasteiger partial charge in [-0.2, -0.15) is 0 Å². The molecule has 1 amide bonds. The van der Waals surface area contributed by atoms with E-state index in [-0.39, 0.29) is 5.91 Å². The summed E-state index contributed by atoms with van der Waals surface area (Å²) < 4.78 is 13.0. The molecule has 0 saturated heterocycles. The van der Waals surface area contributed by atoms with Gasteiger partial charge in [0.25, 0.3) is 5.91 Å². The lowest BCUT2D eigenvalue weighted by Crippen LogP contribution is -2.30. The summed E-state index contributed by atoms with van der Waals surface area (Å²) in [6, 6.07) is 13.4. The van der Waals surface area contributed by atoms with Gasteiger partial charge in [0.2, 0.25) is 0 Å². The summed E-state index contributed by atoms with van der Waals surface area (Å²) in [4.78, 5) is 19.3. The largest absolute Gasteiger partial charge is 0.467 e.